The van der Waals surface area contributed by atoms with Crippen LogP contribution in [0.25, 0.3) is 11.0 Å². The molecule has 7 heteroatoms. The number of hydrogen-bond donors (Lipinski definition) is 1. The molecule has 0 aliphatic rings. The highest BCUT2D eigenvalue weighted by Crippen LogP contribution is 2.31. The van der Waals surface area contributed by atoms with Gasteiger partial charge in [-0.3, -0.25) is 0 Å². The fourth-order valence-electron chi connectivity index (χ4n) is 3.79. The first-order chi connectivity index (χ1) is 16.6. The number of esters is 1. The number of aryl methyl sites for hydroxylation is 2. The van der Waals surface area contributed by atoms with E-state index >= 15 is 0 Å². The van der Waals surface area contributed by atoms with Gasteiger partial charge in [0.25, 0.3) is 0 Å². The quantitative estimate of drug-likeness (QED) is 0.261. The van der Waals surface area contributed by atoms with Gasteiger partial charge in [-0.1, -0.05) is 43.7 Å². The van der Waals surface area contributed by atoms with Crippen molar-refractivity contribution in [1.29, 1.82) is 0 Å². The molecule has 1 unspecified atom stereocenters. The van der Waals surface area contributed by atoms with E-state index in [4.69, 9.17) is 13.9 Å². The van der Waals surface area contributed by atoms with Gasteiger partial charge in [0.2, 0.25) is 0 Å². The molecule has 1 amide bonds. The molecule has 0 aliphatic carbocycles. The SMILES string of the molecule is CCCCc1cc(=O)oc2cc(C)cc(OC(=O)C(Cc3ccccc3)NC(=O)OC(C)(C)C)c12. The summed E-state index contributed by atoms with van der Waals surface area (Å²) in [4.78, 5) is 38.0. The summed E-state index contributed by atoms with van der Waals surface area (Å²) in [6.45, 7) is 9.15. The van der Waals surface area contributed by atoms with Crippen molar-refractivity contribution in [2.75, 3.05) is 0 Å². The van der Waals surface area contributed by atoms with Crippen molar-refractivity contribution in [3.05, 3.63) is 75.6 Å². The van der Waals surface area contributed by atoms with E-state index in [1.54, 1.807) is 32.9 Å². The van der Waals surface area contributed by atoms with E-state index in [9.17, 15) is 14.4 Å². The van der Waals surface area contributed by atoms with Crippen LogP contribution >= 0.6 is 0 Å². The van der Waals surface area contributed by atoms with Gasteiger partial charge in [0.05, 0.1) is 5.39 Å². The Morgan fingerprint density at radius 1 is 1.09 bits per heavy atom. The number of carbonyl (C=O) groups excluding carboxylic acids is 2. The number of benzene rings is 2. The molecule has 1 heterocycles. The lowest BCUT2D eigenvalue weighted by atomic mass is 10.0. The van der Waals surface area contributed by atoms with Crippen molar-refractivity contribution in [2.45, 2.75) is 71.9 Å². The first-order valence-electron chi connectivity index (χ1n) is 11.9. The zero-order valence-electron chi connectivity index (χ0n) is 21.0. The summed E-state index contributed by atoms with van der Waals surface area (Å²) in [6, 6.07) is 13.3. The summed E-state index contributed by atoms with van der Waals surface area (Å²) in [5, 5.41) is 3.24. The average Bonchev–Trinajstić information content (AvgIpc) is 2.75. The van der Waals surface area contributed by atoms with Gasteiger partial charge < -0.3 is 19.2 Å². The molecule has 0 radical (unpaired) electrons. The number of hydrogen-bond acceptors (Lipinski definition) is 6. The van der Waals surface area contributed by atoms with Crippen LogP contribution in [0.4, 0.5) is 4.79 Å². The Bertz CT molecular complexity index is 1240. The van der Waals surface area contributed by atoms with Crippen LogP contribution < -0.4 is 15.7 Å². The topological polar surface area (TPSA) is 94.8 Å². The normalized spacial score (nSPS) is 12.3. The molecule has 1 aromatic heterocycles. The molecular formula is C28H33NO6. The van der Waals surface area contributed by atoms with Crippen LogP contribution in [-0.2, 0) is 22.4 Å². The molecule has 1 N–H and O–H groups in total. The predicted molar refractivity (Wildman–Crippen MR) is 135 cm³/mol. The third-order valence-corrected chi connectivity index (χ3v) is 5.30. The van der Waals surface area contributed by atoms with Crippen LogP contribution in [0.5, 0.6) is 5.75 Å². The van der Waals surface area contributed by atoms with Gasteiger partial charge in [-0.05, 0) is 69.4 Å². The van der Waals surface area contributed by atoms with Crippen molar-refractivity contribution in [3.8, 4) is 5.75 Å². The molecule has 3 rings (SSSR count). The van der Waals surface area contributed by atoms with E-state index in [0.717, 1.165) is 29.5 Å². The van der Waals surface area contributed by atoms with Crippen molar-refractivity contribution in [1.82, 2.24) is 5.32 Å². The lowest BCUT2D eigenvalue weighted by molar-refractivity contribution is -0.136. The molecule has 7 nitrogen and oxygen atoms in total. The molecule has 0 saturated heterocycles. The molecule has 35 heavy (non-hydrogen) atoms. The third-order valence-electron chi connectivity index (χ3n) is 5.30. The minimum Gasteiger partial charge on any atom is -0.444 e. The summed E-state index contributed by atoms with van der Waals surface area (Å²) >= 11 is 0. The molecule has 0 spiro atoms. The minimum absolute atomic E-state index is 0.223. The van der Waals surface area contributed by atoms with Gasteiger partial charge in [-0.25, -0.2) is 14.4 Å². The van der Waals surface area contributed by atoms with Gasteiger partial charge in [0, 0.05) is 12.5 Å². The number of fused-ring (bicyclic) bond motifs is 1. The summed E-state index contributed by atoms with van der Waals surface area (Å²) in [7, 11) is 0. The van der Waals surface area contributed by atoms with E-state index in [1.165, 1.54) is 6.07 Å². The fraction of sp³-hybridized carbons (Fsp3) is 0.393. The highest BCUT2D eigenvalue weighted by Gasteiger charge is 2.27. The third kappa shape index (κ3) is 7.44. The summed E-state index contributed by atoms with van der Waals surface area (Å²) < 4.78 is 16.7. The second kappa shape index (κ2) is 11.2. The minimum atomic E-state index is -0.988. The average molecular weight is 480 g/mol. The standard InChI is InChI=1S/C28H33NO6/c1-6-7-13-20-17-24(30)33-22-14-18(2)15-23(25(20)22)34-26(31)21(16-19-11-9-8-10-12-19)29-27(32)35-28(3,4)5/h8-12,14-15,17,21H,6-7,13,16H2,1-5H3,(H,29,32). The largest absolute Gasteiger partial charge is 0.444 e. The number of unbranched alkanes of at least 4 members (excludes halogenated alkanes) is 1. The predicted octanol–water partition coefficient (Wildman–Crippen LogP) is 5.49. The molecule has 2 aromatic carbocycles. The van der Waals surface area contributed by atoms with Crippen molar-refractivity contribution >= 4 is 23.0 Å². The Hall–Kier alpha value is -3.61. The maximum Gasteiger partial charge on any atom is 0.408 e. The maximum absolute atomic E-state index is 13.4. The number of nitrogens with one attached hydrogen (secondary N) is 1. The highest BCUT2D eigenvalue weighted by molar-refractivity contribution is 5.91. The first kappa shape index (κ1) is 26.0. The molecule has 0 fully saturated rings. The molecule has 0 saturated carbocycles. The van der Waals surface area contributed by atoms with Crippen LogP contribution in [0.15, 0.2) is 57.7 Å². The van der Waals surface area contributed by atoms with Crippen molar-refractivity contribution < 1.29 is 23.5 Å². The molecule has 186 valence electrons. The summed E-state index contributed by atoms with van der Waals surface area (Å²) in [5.41, 5.74) is 1.60. The van der Waals surface area contributed by atoms with Crippen molar-refractivity contribution in [3.63, 3.8) is 0 Å². The van der Waals surface area contributed by atoms with Gasteiger partial charge in [0.15, 0.2) is 0 Å². The van der Waals surface area contributed by atoms with E-state index in [-0.39, 0.29) is 6.42 Å². The molecule has 1 atom stereocenters. The molecular weight excluding hydrogens is 446 g/mol. The molecule has 3 aromatic rings. The first-order valence-corrected chi connectivity index (χ1v) is 11.9. The number of carbonyl (C=O) groups is 2. The Morgan fingerprint density at radius 2 is 1.80 bits per heavy atom. The Morgan fingerprint density at radius 3 is 2.46 bits per heavy atom. The second-order valence-corrected chi connectivity index (χ2v) is 9.64. The maximum atomic E-state index is 13.4. The number of rotatable bonds is 8. The van der Waals surface area contributed by atoms with Gasteiger partial charge >= 0.3 is 17.7 Å². The summed E-state index contributed by atoms with van der Waals surface area (Å²) in [6.07, 6.45) is 1.98. The van der Waals surface area contributed by atoms with Crippen LogP contribution in [0.3, 0.4) is 0 Å². The lowest BCUT2D eigenvalue weighted by Crippen LogP contribution is -2.46. The monoisotopic (exact) mass is 479 g/mol. The van der Waals surface area contributed by atoms with E-state index in [0.29, 0.717) is 23.1 Å². The van der Waals surface area contributed by atoms with E-state index in [1.807, 2.05) is 37.3 Å². The molecule has 0 bridgehead atoms. The van der Waals surface area contributed by atoms with E-state index in [2.05, 4.69) is 12.2 Å². The van der Waals surface area contributed by atoms with Crippen LogP contribution in [-0.4, -0.2) is 23.7 Å². The zero-order chi connectivity index (χ0) is 25.6. The Kier molecular flexibility index (Phi) is 8.33. The van der Waals surface area contributed by atoms with Gasteiger partial charge in [-0.15, -0.1) is 0 Å². The van der Waals surface area contributed by atoms with Crippen LogP contribution in [0.2, 0.25) is 0 Å². The highest BCUT2D eigenvalue weighted by atomic mass is 16.6. The van der Waals surface area contributed by atoms with Crippen LogP contribution in [0.1, 0.15) is 57.2 Å². The number of amides is 1. The Labute approximate surface area is 205 Å². The number of alkyl carbamates (subject to hydrolysis) is 1. The van der Waals surface area contributed by atoms with Crippen LogP contribution in [0, 0.1) is 6.92 Å². The lowest BCUT2D eigenvalue weighted by Gasteiger charge is -2.23. The van der Waals surface area contributed by atoms with E-state index < -0.39 is 29.3 Å². The van der Waals surface area contributed by atoms with Crippen molar-refractivity contribution in [2.24, 2.45) is 0 Å². The zero-order valence-corrected chi connectivity index (χ0v) is 21.0. The molecule has 0 aliphatic heterocycles. The summed E-state index contributed by atoms with van der Waals surface area (Å²) in [5.74, 6) is -0.344. The Balaban J connectivity index is 1.96. The second-order valence-electron chi connectivity index (χ2n) is 9.64. The van der Waals surface area contributed by atoms with Gasteiger partial charge in [-0.2, -0.15) is 0 Å². The smallest absolute Gasteiger partial charge is 0.408 e. The fourth-order valence-corrected chi connectivity index (χ4v) is 3.79. The number of ether oxygens (including phenoxy) is 2. The van der Waals surface area contributed by atoms with Gasteiger partial charge in [0.1, 0.15) is 23.0 Å².